The Bertz CT molecular complexity index is 1520. The van der Waals surface area contributed by atoms with Gasteiger partial charge in [0.1, 0.15) is 0 Å². The molecule has 2 aromatic carbocycles. The Morgan fingerprint density at radius 2 is 1.89 bits per heavy atom. The van der Waals surface area contributed by atoms with E-state index in [0.717, 1.165) is 28.7 Å². The molecule has 0 saturated carbocycles. The van der Waals surface area contributed by atoms with Gasteiger partial charge in [-0.25, -0.2) is 18.7 Å². The van der Waals surface area contributed by atoms with E-state index in [9.17, 15) is 4.79 Å². The lowest BCUT2D eigenvalue weighted by Gasteiger charge is -2.29. The molecule has 0 radical (unpaired) electrons. The largest absolute Gasteiger partial charge is 0.490 e. The van der Waals surface area contributed by atoms with Gasteiger partial charge in [-0.05, 0) is 64.7 Å². The van der Waals surface area contributed by atoms with E-state index in [2.05, 4.69) is 0 Å². The lowest BCUT2D eigenvalue weighted by molar-refractivity contribution is -0.164. The van der Waals surface area contributed by atoms with Gasteiger partial charge in [0.05, 0.1) is 31.2 Å². The van der Waals surface area contributed by atoms with Gasteiger partial charge in [-0.15, -0.1) is 0 Å². The number of hydrogen-bond donors (Lipinski definition) is 0. The molecule has 0 spiro atoms. The normalized spacial score (nSPS) is 14.2. The van der Waals surface area contributed by atoms with Crippen molar-refractivity contribution in [3.05, 3.63) is 70.8 Å². The third-order valence-electron chi connectivity index (χ3n) is 6.80. The minimum absolute atomic E-state index is 0.293. The van der Waals surface area contributed by atoms with E-state index in [-0.39, 0.29) is 0 Å². The van der Waals surface area contributed by atoms with Gasteiger partial charge in [0.25, 0.3) is 0 Å². The van der Waals surface area contributed by atoms with Crippen molar-refractivity contribution in [1.29, 1.82) is 0 Å². The van der Waals surface area contributed by atoms with Gasteiger partial charge in [-0.1, -0.05) is 30.3 Å². The Morgan fingerprint density at radius 3 is 2.58 bits per heavy atom. The standard InChI is InChI=1S/C30H32FN3O4/c1-17-20-13-10-14-37-26(20)23(31)15-21(17)25-24(27(29(35)36-6)38-30(3,4)5)18(2)33-28-22(16-32-34(25)28)19-11-8-7-9-12-19/h7-9,11-12,15-16,27H,10,13-14H2,1-6H3. The van der Waals surface area contributed by atoms with Crippen LogP contribution in [0, 0.1) is 19.7 Å². The Morgan fingerprint density at radius 1 is 1.16 bits per heavy atom. The van der Waals surface area contributed by atoms with Crippen LogP contribution in [0.3, 0.4) is 0 Å². The molecular weight excluding hydrogens is 485 g/mol. The summed E-state index contributed by atoms with van der Waals surface area (Å²) in [5, 5.41) is 4.71. The van der Waals surface area contributed by atoms with Crippen LogP contribution in [0.5, 0.6) is 5.75 Å². The van der Waals surface area contributed by atoms with Crippen LogP contribution in [0.1, 0.15) is 55.7 Å². The number of hydrogen-bond acceptors (Lipinski definition) is 6. The molecule has 38 heavy (non-hydrogen) atoms. The Kier molecular flexibility index (Phi) is 6.69. The van der Waals surface area contributed by atoms with Crippen LogP contribution >= 0.6 is 0 Å². The monoisotopic (exact) mass is 517 g/mol. The molecule has 1 aliphatic heterocycles. The SMILES string of the molecule is COC(=O)C(OC(C)(C)C)c1c(C)nc2c(-c3ccccc3)cnn2c1-c1cc(F)c2c(c1C)CCCO2. The van der Waals surface area contributed by atoms with E-state index in [4.69, 9.17) is 24.3 Å². The van der Waals surface area contributed by atoms with Gasteiger partial charge in [0.2, 0.25) is 0 Å². The van der Waals surface area contributed by atoms with E-state index < -0.39 is 23.5 Å². The average Bonchev–Trinajstić information content (AvgIpc) is 3.32. The maximum atomic E-state index is 15.5. The lowest BCUT2D eigenvalue weighted by atomic mass is 9.90. The second-order valence-electron chi connectivity index (χ2n) is 10.5. The van der Waals surface area contributed by atoms with Crippen LogP contribution < -0.4 is 4.74 Å². The summed E-state index contributed by atoms with van der Waals surface area (Å²) in [7, 11) is 1.32. The Hall–Kier alpha value is -3.78. The molecule has 0 saturated heterocycles. The maximum absolute atomic E-state index is 15.5. The second-order valence-corrected chi connectivity index (χ2v) is 10.5. The third kappa shape index (κ3) is 4.53. The number of rotatable bonds is 5. The first-order valence-corrected chi connectivity index (χ1v) is 12.7. The van der Waals surface area contributed by atoms with Crippen molar-refractivity contribution in [2.45, 2.75) is 59.2 Å². The highest BCUT2D eigenvalue weighted by atomic mass is 19.1. The molecule has 5 rings (SSSR count). The number of fused-ring (bicyclic) bond motifs is 2. The number of halogens is 1. The van der Waals surface area contributed by atoms with Crippen LogP contribution in [0.4, 0.5) is 4.39 Å². The number of methoxy groups -OCH3 is 1. The van der Waals surface area contributed by atoms with Crippen molar-refractivity contribution >= 4 is 11.6 Å². The summed E-state index contributed by atoms with van der Waals surface area (Å²) >= 11 is 0. The summed E-state index contributed by atoms with van der Waals surface area (Å²) in [4.78, 5) is 18.1. The topological polar surface area (TPSA) is 75.0 Å². The first-order valence-electron chi connectivity index (χ1n) is 12.7. The summed E-state index contributed by atoms with van der Waals surface area (Å²) in [6.07, 6.45) is 2.13. The molecule has 0 aliphatic carbocycles. The maximum Gasteiger partial charge on any atom is 0.339 e. The van der Waals surface area contributed by atoms with Gasteiger partial charge >= 0.3 is 5.97 Å². The van der Waals surface area contributed by atoms with E-state index >= 15 is 4.39 Å². The van der Waals surface area contributed by atoms with E-state index in [1.807, 2.05) is 65.0 Å². The molecule has 1 aliphatic rings. The van der Waals surface area contributed by atoms with Crippen molar-refractivity contribution in [2.75, 3.05) is 13.7 Å². The quantitative estimate of drug-likeness (QED) is 0.295. The minimum atomic E-state index is -1.11. The first-order chi connectivity index (χ1) is 18.1. The van der Waals surface area contributed by atoms with Gasteiger partial charge in [0, 0.05) is 27.9 Å². The Balaban J connectivity index is 1.88. The van der Waals surface area contributed by atoms with Gasteiger partial charge in [-0.2, -0.15) is 5.10 Å². The molecule has 2 aromatic heterocycles. The molecular formula is C30H32FN3O4. The predicted molar refractivity (Wildman–Crippen MR) is 143 cm³/mol. The fourth-order valence-electron chi connectivity index (χ4n) is 5.10. The molecule has 198 valence electrons. The summed E-state index contributed by atoms with van der Waals surface area (Å²) in [6.45, 7) is 9.87. The number of aryl methyl sites for hydroxylation is 1. The number of aromatic nitrogens is 3. The number of ether oxygens (including phenoxy) is 3. The smallest absolute Gasteiger partial charge is 0.339 e. The van der Waals surface area contributed by atoms with Crippen molar-refractivity contribution in [3.63, 3.8) is 0 Å². The molecule has 4 aromatic rings. The molecule has 1 unspecified atom stereocenters. The molecule has 0 fully saturated rings. The first kappa shape index (κ1) is 25.9. The highest BCUT2D eigenvalue weighted by Crippen LogP contribution is 2.42. The number of esters is 1. The minimum Gasteiger partial charge on any atom is -0.490 e. The zero-order valence-corrected chi connectivity index (χ0v) is 22.6. The van der Waals surface area contributed by atoms with Gasteiger partial charge in [-0.3, -0.25) is 0 Å². The number of carbonyl (C=O) groups excluding carboxylic acids is 1. The highest BCUT2D eigenvalue weighted by Gasteiger charge is 2.35. The van der Waals surface area contributed by atoms with Crippen LogP contribution in [0.2, 0.25) is 0 Å². The van der Waals surface area contributed by atoms with Crippen LogP contribution in [-0.2, 0) is 20.7 Å². The number of carbonyl (C=O) groups is 1. The highest BCUT2D eigenvalue weighted by molar-refractivity contribution is 5.85. The van der Waals surface area contributed by atoms with Crippen LogP contribution in [0.15, 0.2) is 42.6 Å². The average molecular weight is 518 g/mol. The fourth-order valence-corrected chi connectivity index (χ4v) is 5.10. The molecule has 0 N–H and O–H groups in total. The van der Waals surface area contributed by atoms with E-state index in [0.29, 0.717) is 46.9 Å². The summed E-state index contributed by atoms with van der Waals surface area (Å²) < 4.78 is 34.3. The van der Waals surface area contributed by atoms with Crippen molar-refractivity contribution in [2.24, 2.45) is 0 Å². The third-order valence-corrected chi connectivity index (χ3v) is 6.80. The molecule has 1 atom stereocenters. The number of benzene rings is 2. The van der Waals surface area contributed by atoms with Crippen LogP contribution in [0.25, 0.3) is 28.0 Å². The second kappa shape index (κ2) is 9.83. The van der Waals surface area contributed by atoms with Gasteiger partial charge < -0.3 is 14.2 Å². The molecule has 7 nitrogen and oxygen atoms in total. The van der Waals surface area contributed by atoms with Crippen molar-refractivity contribution < 1.29 is 23.4 Å². The van der Waals surface area contributed by atoms with Gasteiger partial charge in [0.15, 0.2) is 23.3 Å². The predicted octanol–water partition coefficient (Wildman–Crippen LogP) is 6.17. The van der Waals surface area contributed by atoms with Crippen LogP contribution in [-0.4, -0.2) is 39.9 Å². The van der Waals surface area contributed by atoms with E-state index in [1.165, 1.54) is 13.2 Å². The van der Waals surface area contributed by atoms with Crippen molar-refractivity contribution in [1.82, 2.24) is 14.6 Å². The fraction of sp³-hybridized carbons (Fsp3) is 0.367. The van der Waals surface area contributed by atoms with E-state index in [1.54, 1.807) is 10.7 Å². The molecule has 3 heterocycles. The summed E-state index contributed by atoms with van der Waals surface area (Å²) in [6, 6.07) is 11.3. The number of nitrogens with zero attached hydrogens (tertiary/aromatic N) is 3. The molecule has 8 heteroatoms. The zero-order chi connectivity index (χ0) is 27.2. The molecule has 0 bridgehead atoms. The zero-order valence-electron chi connectivity index (χ0n) is 22.6. The summed E-state index contributed by atoms with van der Waals surface area (Å²) in [5.74, 6) is -0.724. The Labute approximate surface area is 221 Å². The van der Waals surface area contributed by atoms with Crippen molar-refractivity contribution in [3.8, 4) is 28.1 Å². The summed E-state index contributed by atoms with van der Waals surface area (Å²) in [5.41, 5.74) is 5.58. The lowest BCUT2D eigenvalue weighted by Crippen LogP contribution is -2.30. The molecule has 0 amide bonds.